The summed E-state index contributed by atoms with van der Waals surface area (Å²) in [5, 5.41) is 6.60. The lowest BCUT2D eigenvalue weighted by Gasteiger charge is -2.25. The number of nitrogens with one attached hydrogen (secondary N) is 2. The quantitative estimate of drug-likeness (QED) is 0.534. The molecule has 0 aliphatic rings. The van der Waals surface area contributed by atoms with Gasteiger partial charge in [-0.2, -0.15) is 13.2 Å². The molecule has 172 valence electrons. The molecule has 3 aromatic rings. The molecule has 6 nitrogen and oxygen atoms in total. The Morgan fingerprint density at radius 3 is 2.27 bits per heavy atom. The predicted octanol–water partition coefficient (Wildman–Crippen LogP) is 4.34. The van der Waals surface area contributed by atoms with E-state index in [9.17, 15) is 27.6 Å². The lowest BCUT2D eigenvalue weighted by Crippen LogP contribution is -2.43. The summed E-state index contributed by atoms with van der Waals surface area (Å²) in [5.74, 6) is -1.85. The van der Waals surface area contributed by atoms with Gasteiger partial charge >= 0.3 is 6.18 Å². The lowest BCUT2D eigenvalue weighted by atomic mass is 10.1. The van der Waals surface area contributed by atoms with E-state index in [2.05, 4.69) is 10.6 Å². The van der Waals surface area contributed by atoms with E-state index >= 15 is 0 Å². The first-order valence-corrected chi connectivity index (χ1v) is 10.6. The highest BCUT2D eigenvalue weighted by Crippen LogP contribution is 2.34. The monoisotopic (exact) mass is 475 g/mol. The molecular weight excluding hydrogens is 455 g/mol. The highest BCUT2D eigenvalue weighted by Gasteiger charge is 2.34. The average molecular weight is 475 g/mol. The van der Waals surface area contributed by atoms with Crippen LogP contribution in [0.15, 0.2) is 72.1 Å². The van der Waals surface area contributed by atoms with Gasteiger partial charge in [-0.05, 0) is 29.1 Å². The lowest BCUT2D eigenvalue weighted by molar-refractivity contribution is -0.137. The number of halogens is 3. The van der Waals surface area contributed by atoms with Crippen molar-refractivity contribution in [1.29, 1.82) is 0 Å². The predicted molar refractivity (Wildman–Crippen MR) is 119 cm³/mol. The fourth-order valence-corrected chi connectivity index (χ4v) is 3.71. The Bertz CT molecular complexity index is 1120. The first-order valence-electron chi connectivity index (χ1n) is 9.77. The maximum Gasteiger partial charge on any atom is 0.418 e. The molecule has 3 amide bonds. The van der Waals surface area contributed by atoms with Gasteiger partial charge in [-0.3, -0.25) is 14.4 Å². The van der Waals surface area contributed by atoms with Crippen molar-refractivity contribution < 1.29 is 27.6 Å². The van der Waals surface area contributed by atoms with Crippen LogP contribution in [-0.2, 0) is 15.8 Å². The maximum absolute atomic E-state index is 13.2. The standard InChI is InChI=1S/C23H20F3N3O3S/c1-29(14-19(30)27-17-11-6-5-10-16(17)23(24,25)26)22(32)20(15-8-3-2-4-9-15)28-21(31)18-12-7-13-33-18/h2-13,20H,14H2,1H3,(H,27,30)(H,28,31). The molecule has 3 rings (SSSR count). The number of rotatable bonds is 7. The van der Waals surface area contributed by atoms with Crippen LogP contribution in [0, 0.1) is 0 Å². The van der Waals surface area contributed by atoms with E-state index in [1.54, 1.807) is 47.8 Å². The molecule has 2 N–H and O–H groups in total. The van der Waals surface area contributed by atoms with Crippen molar-refractivity contribution in [3.63, 3.8) is 0 Å². The van der Waals surface area contributed by atoms with Gasteiger partial charge in [-0.15, -0.1) is 11.3 Å². The van der Waals surface area contributed by atoms with E-state index in [1.165, 1.54) is 30.5 Å². The Balaban J connectivity index is 1.74. The minimum atomic E-state index is -4.64. The van der Waals surface area contributed by atoms with Crippen molar-refractivity contribution in [2.45, 2.75) is 12.2 Å². The van der Waals surface area contributed by atoms with Crippen LogP contribution in [0.2, 0.25) is 0 Å². The minimum Gasteiger partial charge on any atom is -0.336 e. The number of carbonyl (C=O) groups is 3. The second kappa shape index (κ2) is 10.3. The molecule has 33 heavy (non-hydrogen) atoms. The summed E-state index contributed by atoms with van der Waals surface area (Å²) in [6.45, 7) is -0.511. The van der Waals surface area contributed by atoms with Gasteiger partial charge in [0.25, 0.3) is 5.91 Å². The number of nitrogens with zero attached hydrogens (tertiary/aromatic N) is 1. The molecule has 0 saturated heterocycles. The first kappa shape index (κ1) is 24.0. The van der Waals surface area contributed by atoms with Crippen LogP contribution in [-0.4, -0.2) is 36.2 Å². The van der Waals surface area contributed by atoms with Gasteiger partial charge in [-0.25, -0.2) is 0 Å². The molecule has 0 radical (unpaired) electrons. The van der Waals surface area contributed by atoms with Crippen molar-refractivity contribution in [3.05, 3.63) is 88.1 Å². The van der Waals surface area contributed by atoms with Gasteiger partial charge in [0.1, 0.15) is 6.04 Å². The van der Waals surface area contributed by atoms with Crippen molar-refractivity contribution in [2.24, 2.45) is 0 Å². The van der Waals surface area contributed by atoms with Crippen LogP contribution in [0.25, 0.3) is 0 Å². The number of amides is 3. The molecule has 0 saturated carbocycles. The summed E-state index contributed by atoms with van der Waals surface area (Å²) < 4.78 is 39.5. The largest absolute Gasteiger partial charge is 0.418 e. The SMILES string of the molecule is CN(CC(=O)Nc1ccccc1C(F)(F)F)C(=O)C(NC(=O)c1cccs1)c1ccccc1. The van der Waals surface area contributed by atoms with Crippen molar-refractivity contribution >= 4 is 34.7 Å². The number of carbonyl (C=O) groups excluding carboxylic acids is 3. The third kappa shape index (κ3) is 6.19. The zero-order valence-corrected chi connectivity index (χ0v) is 18.2. The number of para-hydroxylation sites is 1. The number of thiophene rings is 1. The number of anilines is 1. The zero-order valence-electron chi connectivity index (χ0n) is 17.4. The van der Waals surface area contributed by atoms with Crippen molar-refractivity contribution in [2.75, 3.05) is 18.9 Å². The fourth-order valence-electron chi connectivity index (χ4n) is 3.09. The normalized spacial score (nSPS) is 12.0. The molecular formula is C23H20F3N3O3S. The van der Waals surface area contributed by atoms with Crippen molar-refractivity contribution in [1.82, 2.24) is 10.2 Å². The average Bonchev–Trinajstić information content (AvgIpc) is 3.32. The second-order valence-electron chi connectivity index (χ2n) is 7.08. The zero-order chi connectivity index (χ0) is 24.0. The van der Waals surface area contributed by atoms with Crippen LogP contribution in [0.5, 0.6) is 0 Å². The molecule has 0 aliphatic heterocycles. The van der Waals surface area contributed by atoms with Gasteiger partial charge in [0.15, 0.2) is 0 Å². The molecule has 0 aliphatic carbocycles. The third-order valence-corrected chi connectivity index (χ3v) is 5.53. The van der Waals surface area contributed by atoms with E-state index in [0.29, 0.717) is 10.4 Å². The van der Waals surface area contributed by atoms with E-state index in [1.807, 2.05) is 0 Å². The molecule has 1 heterocycles. The van der Waals surface area contributed by atoms with Gasteiger partial charge in [0, 0.05) is 7.05 Å². The summed E-state index contributed by atoms with van der Waals surface area (Å²) in [6.07, 6.45) is -4.64. The number of alkyl halides is 3. The molecule has 1 unspecified atom stereocenters. The van der Waals surface area contributed by atoms with Gasteiger partial charge in [-0.1, -0.05) is 48.5 Å². The Hall–Kier alpha value is -3.66. The van der Waals surface area contributed by atoms with Crippen LogP contribution in [0.3, 0.4) is 0 Å². The van der Waals surface area contributed by atoms with E-state index in [4.69, 9.17) is 0 Å². The summed E-state index contributed by atoms with van der Waals surface area (Å²) in [5.41, 5.74) is -0.888. The number of benzene rings is 2. The highest BCUT2D eigenvalue weighted by atomic mass is 32.1. The van der Waals surface area contributed by atoms with E-state index < -0.39 is 47.7 Å². The Labute approximate surface area is 192 Å². The third-order valence-electron chi connectivity index (χ3n) is 4.66. The smallest absolute Gasteiger partial charge is 0.336 e. The Morgan fingerprint density at radius 2 is 1.64 bits per heavy atom. The van der Waals surface area contributed by atoms with E-state index in [-0.39, 0.29) is 0 Å². The molecule has 1 aromatic heterocycles. The molecule has 10 heteroatoms. The van der Waals surface area contributed by atoms with Crippen LogP contribution in [0.1, 0.15) is 26.8 Å². The molecule has 1 atom stereocenters. The first-order chi connectivity index (χ1) is 15.7. The minimum absolute atomic E-state index is 0.401. The van der Waals surface area contributed by atoms with Gasteiger partial charge in [0.05, 0.1) is 22.7 Å². The molecule has 2 aromatic carbocycles. The molecule has 0 spiro atoms. The highest BCUT2D eigenvalue weighted by molar-refractivity contribution is 7.12. The number of likely N-dealkylation sites (N-methyl/N-ethyl adjacent to an activating group) is 1. The fraction of sp³-hybridized carbons (Fsp3) is 0.174. The summed E-state index contributed by atoms with van der Waals surface area (Å²) in [4.78, 5) is 39.6. The summed E-state index contributed by atoms with van der Waals surface area (Å²) >= 11 is 1.21. The molecule has 0 fully saturated rings. The number of hydrogen-bond acceptors (Lipinski definition) is 4. The second-order valence-corrected chi connectivity index (χ2v) is 8.03. The Kier molecular flexibility index (Phi) is 7.49. The van der Waals surface area contributed by atoms with Crippen LogP contribution < -0.4 is 10.6 Å². The maximum atomic E-state index is 13.2. The van der Waals surface area contributed by atoms with E-state index in [0.717, 1.165) is 17.0 Å². The summed E-state index contributed by atoms with van der Waals surface area (Å²) in [7, 11) is 1.34. The van der Waals surface area contributed by atoms with Crippen molar-refractivity contribution in [3.8, 4) is 0 Å². The molecule has 0 bridgehead atoms. The number of hydrogen-bond donors (Lipinski definition) is 2. The van der Waals surface area contributed by atoms with Crippen LogP contribution >= 0.6 is 11.3 Å². The topological polar surface area (TPSA) is 78.5 Å². The Morgan fingerprint density at radius 1 is 0.970 bits per heavy atom. The van der Waals surface area contributed by atoms with Gasteiger partial charge in [0.2, 0.25) is 11.8 Å². The van der Waals surface area contributed by atoms with Gasteiger partial charge < -0.3 is 15.5 Å². The summed E-state index contributed by atoms with van der Waals surface area (Å²) in [6, 6.07) is 15.3. The van der Waals surface area contributed by atoms with Crippen LogP contribution in [0.4, 0.5) is 18.9 Å².